The minimum Gasteiger partial charge on any atom is -0.385 e. The third-order valence-electron chi connectivity index (χ3n) is 1.73. The summed E-state index contributed by atoms with van der Waals surface area (Å²) in [6, 6.07) is 3.54. The van der Waals surface area contributed by atoms with Gasteiger partial charge in [0.2, 0.25) is 0 Å². The van der Waals surface area contributed by atoms with E-state index in [1.165, 1.54) is 13.0 Å². The van der Waals surface area contributed by atoms with Crippen molar-refractivity contribution < 1.29 is 13.6 Å². The normalized spacial score (nSPS) is 9.93. The summed E-state index contributed by atoms with van der Waals surface area (Å²) >= 11 is 0. The molecule has 0 bridgehead atoms. The minimum absolute atomic E-state index is 0.0556. The average molecular weight is 199 g/mol. The van der Waals surface area contributed by atoms with E-state index in [0.717, 1.165) is 12.1 Å². The Morgan fingerprint density at radius 1 is 1.36 bits per heavy atom. The topological polar surface area (TPSA) is 29.1 Å². The van der Waals surface area contributed by atoms with Crippen LogP contribution in [0.25, 0.3) is 0 Å². The van der Waals surface area contributed by atoms with Crippen molar-refractivity contribution in [2.24, 2.45) is 0 Å². The van der Waals surface area contributed by atoms with E-state index < -0.39 is 11.6 Å². The molecule has 0 spiro atoms. The van der Waals surface area contributed by atoms with E-state index in [-0.39, 0.29) is 5.78 Å². The molecule has 2 nitrogen and oxygen atoms in total. The summed E-state index contributed by atoms with van der Waals surface area (Å²) in [5.74, 6) is -1.71. The first-order chi connectivity index (χ1) is 6.59. The first kappa shape index (κ1) is 10.6. The molecule has 0 saturated carbocycles. The van der Waals surface area contributed by atoms with E-state index in [2.05, 4.69) is 5.32 Å². The van der Waals surface area contributed by atoms with Crippen LogP contribution in [0.2, 0.25) is 0 Å². The van der Waals surface area contributed by atoms with Crippen molar-refractivity contribution in [3.8, 4) is 0 Å². The fraction of sp³-hybridized carbons (Fsp3) is 0.300. The van der Waals surface area contributed by atoms with Crippen LogP contribution < -0.4 is 5.32 Å². The van der Waals surface area contributed by atoms with Crippen LogP contribution in [0, 0.1) is 11.6 Å². The van der Waals surface area contributed by atoms with Gasteiger partial charge in [0, 0.05) is 18.7 Å². The Labute approximate surface area is 80.9 Å². The Morgan fingerprint density at radius 2 is 2.07 bits per heavy atom. The minimum atomic E-state index is -0.891. The average Bonchev–Trinajstić information content (AvgIpc) is 2.10. The number of carbonyl (C=O) groups is 1. The second-order valence-corrected chi connectivity index (χ2v) is 3.01. The predicted octanol–water partition coefficient (Wildman–Crippen LogP) is 2.36. The molecule has 0 aliphatic rings. The van der Waals surface area contributed by atoms with Gasteiger partial charge < -0.3 is 5.32 Å². The van der Waals surface area contributed by atoms with Crippen LogP contribution in [-0.2, 0) is 4.79 Å². The summed E-state index contributed by atoms with van der Waals surface area (Å²) in [5.41, 5.74) is 0.477. The zero-order valence-electron chi connectivity index (χ0n) is 7.81. The van der Waals surface area contributed by atoms with Crippen LogP contribution in [-0.4, -0.2) is 12.3 Å². The highest BCUT2D eigenvalue weighted by Crippen LogP contribution is 2.12. The number of carbonyl (C=O) groups excluding carboxylic acids is 1. The quantitative estimate of drug-likeness (QED) is 0.806. The molecular formula is C10H11F2NO. The van der Waals surface area contributed by atoms with Crippen molar-refractivity contribution in [3.63, 3.8) is 0 Å². The van der Waals surface area contributed by atoms with E-state index in [0.29, 0.717) is 18.7 Å². The molecule has 0 unspecified atom stereocenters. The molecule has 0 aliphatic heterocycles. The molecular weight excluding hydrogens is 188 g/mol. The van der Waals surface area contributed by atoms with E-state index in [1.54, 1.807) is 0 Å². The van der Waals surface area contributed by atoms with Crippen LogP contribution in [0.1, 0.15) is 13.3 Å². The lowest BCUT2D eigenvalue weighted by Gasteiger charge is -2.04. The molecule has 1 aromatic carbocycles. The van der Waals surface area contributed by atoms with E-state index in [4.69, 9.17) is 0 Å². The van der Waals surface area contributed by atoms with Crippen LogP contribution >= 0.6 is 0 Å². The maximum atomic E-state index is 12.7. The second-order valence-electron chi connectivity index (χ2n) is 3.01. The zero-order valence-corrected chi connectivity index (χ0v) is 7.81. The van der Waals surface area contributed by atoms with Crippen LogP contribution in [0.15, 0.2) is 18.2 Å². The molecule has 0 saturated heterocycles. The third-order valence-corrected chi connectivity index (χ3v) is 1.73. The third kappa shape index (κ3) is 3.12. The van der Waals surface area contributed by atoms with Crippen molar-refractivity contribution in [2.75, 3.05) is 11.9 Å². The lowest BCUT2D eigenvalue weighted by atomic mass is 10.2. The Kier molecular flexibility index (Phi) is 3.56. The summed E-state index contributed by atoms with van der Waals surface area (Å²) in [6.45, 7) is 1.91. The first-order valence-corrected chi connectivity index (χ1v) is 4.28. The van der Waals surface area contributed by atoms with Crippen LogP contribution in [0.5, 0.6) is 0 Å². The number of benzene rings is 1. The molecule has 1 rings (SSSR count). The summed E-state index contributed by atoms with van der Waals surface area (Å²) in [7, 11) is 0. The second kappa shape index (κ2) is 4.69. The van der Waals surface area contributed by atoms with Gasteiger partial charge in [-0.1, -0.05) is 0 Å². The highest BCUT2D eigenvalue weighted by Gasteiger charge is 2.01. The van der Waals surface area contributed by atoms with Crippen LogP contribution in [0.4, 0.5) is 14.5 Å². The smallest absolute Gasteiger partial charge is 0.160 e. The van der Waals surface area contributed by atoms with Crippen molar-refractivity contribution in [1.82, 2.24) is 0 Å². The molecule has 14 heavy (non-hydrogen) atoms. The largest absolute Gasteiger partial charge is 0.385 e. The molecule has 0 radical (unpaired) electrons. The Bertz CT molecular complexity index is 339. The highest BCUT2D eigenvalue weighted by atomic mass is 19.2. The first-order valence-electron chi connectivity index (χ1n) is 4.28. The van der Waals surface area contributed by atoms with E-state index in [1.807, 2.05) is 0 Å². The Morgan fingerprint density at radius 3 is 2.64 bits per heavy atom. The fourth-order valence-electron chi connectivity index (χ4n) is 0.989. The van der Waals surface area contributed by atoms with Gasteiger partial charge in [-0.25, -0.2) is 8.78 Å². The van der Waals surface area contributed by atoms with Gasteiger partial charge in [-0.05, 0) is 25.1 Å². The fourth-order valence-corrected chi connectivity index (χ4v) is 0.989. The molecule has 0 amide bonds. The SMILES string of the molecule is CC(=O)CCNc1ccc(F)c(F)c1. The number of Topliss-reactive ketones (excluding diaryl/α,β-unsaturated/α-hetero) is 1. The summed E-state index contributed by atoms with van der Waals surface area (Å²) in [6.07, 6.45) is 0.374. The monoisotopic (exact) mass is 199 g/mol. The van der Waals surface area contributed by atoms with Gasteiger partial charge in [-0.3, -0.25) is 4.79 Å². The number of rotatable bonds is 4. The molecule has 0 heterocycles. The number of halogens is 2. The van der Waals surface area contributed by atoms with Crippen molar-refractivity contribution >= 4 is 11.5 Å². The van der Waals surface area contributed by atoms with Gasteiger partial charge in [0.05, 0.1) is 0 Å². The van der Waals surface area contributed by atoms with Gasteiger partial charge in [0.15, 0.2) is 11.6 Å². The Balaban J connectivity index is 2.51. The zero-order chi connectivity index (χ0) is 10.6. The number of hydrogen-bond donors (Lipinski definition) is 1. The molecule has 1 N–H and O–H groups in total. The molecule has 0 atom stereocenters. The standard InChI is InChI=1S/C10H11F2NO/c1-7(14)4-5-13-8-2-3-9(11)10(12)6-8/h2-3,6,13H,4-5H2,1H3. The molecule has 4 heteroatoms. The lowest BCUT2D eigenvalue weighted by molar-refractivity contribution is -0.116. The van der Waals surface area contributed by atoms with Gasteiger partial charge in [-0.15, -0.1) is 0 Å². The summed E-state index contributed by atoms with van der Waals surface area (Å²) in [5, 5.41) is 2.82. The van der Waals surface area contributed by atoms with Gasteiger partial charge in [0.25, 0.3) is 0 Å². The van der Waals surface area contributed by atoms with Crippen molar-refractivity contribution in [1.29, 1.82) is 0 Å². The number of ketones is 1. The number of nitrogens with one attached hydrogen (secondary N) is 1. The van der Waals surface area contributed by atoms with E-state index >= 15 is 0 Å². The van der Waals surface area contributed by atoms with Crippen molar-refractivity contribution in [2.45, 2.75) is 13.3 Å². The van der Waals surface area contributed by atoms with Crippen LogP contribution in [0.3, 0.4) is 0 Å². The van der Waals surface area contributed by atoms with Gasteiger partial charge in [-0.2, -0.15) is 0 Å². The van der Waals surface area contributed by atoms with Crippen molar-refractivity contribution in [3.05, 3.63) is 29.8 Å². The molecule has 0 fully saturated rings. The summed E-state index contributed by atoms with van der Waals surface area (Å²) < 4.78 is 25.2. The van der Waals surface area contributed by atoms with Gasteiger partial charge in [0.1, 0.15) is 5.78 Å². The molecule has 76 valence electrons. The number of anilines is 1. The number of hydrogen-bond acceptors (Lipinski definition) is 2. The molecule has 1 aromatic rings. The van der Waals surface area contributed by atoms with Gasteiger partial charge >= 0.3 is 0 Å². The molecule has 0 aromatic heterocycles. The highest BCUT2D eigenvalue weighted by molar-refractivity contribution is 5.76. The maximum absolute atomic E-state index is 12.7. The predicted molar refractivity (Wildman–Crippen MR) is 50.1 cm³/mol. The van der Waals surface area contributed by atoms with E-state index in [9.17, 15) is 13.6 Å². The Hall–Kier alpha value is -1.45. The molecule has 0 aliphatic carbocycles. The lowest BCUT2D eigenvalue weighted by Crippen LogP contribution is -2.06. The summed E-state index contributed by atoms with van der Waals surface area (Å²) in [4.78, 5) is 10.6. The maximum Gasteiger partial charge on any atom is 0.160 e.